The molecule has 0 saturated carbocycles. The summed E-state index contributed by atoms with van der Waals surface area (Å²) in [5.41, 5.74) is 2.07. The lowest BCUT2D eigenvalue weighted by molar-refractivity contribution is -0.0384. The molecule has 0 amide bonds. The van der Waals surface area contributed by atoms with E-state index in [0.717, 1.165) is 12.1 Å². The van der Waals surface area contributed by atoms with Crippen LogP contribution in [0.1, 0.15) is 70.9 Å². The van der Waals surface area contributed by atoms with E-state index in [4.69, 9.17) is 14.7 Å². The van der Waals surface area contributed by atoms with E-state index < -0.39 is 24.5 Å². The predicted molar refractivity (Wildman–Crippen MR) is 146 cm³/mol. The van der Waals surface area contributed by atoms with Crippen LogP contribution in [0.15, 0.2) is 18.9 Å². The van der Waals surface area contributed by atoms with E-state index in [-0.39, 0.29) is 17.3 Å². The highest BCUT2D eigenvalue weighted by Gasteiger charge is 2.47. The van der Waals surface area contributed by atoms with Gasteiger partial charge in [-0.05, 0) is 30.9 Å². The molecule has 216 valence electrons. The van der Waals surface area contributed by atoms with Gasteiger partial charge >= 0.3 is 0 Å². The summed E-state index contributed by atoms with van der Waals surface area (Å²) in [5.74, 6) is 1.16. The van der Waals surface area contributed by atoms with E-state index >= 15 is 0 Å². The molecule has 15 heteroatoms. The third-order valence-corrected chi connectivity index (χ3v) is 6.68. The second-order valence-corrected chi connectivity index (χ2v) is 11.7. The zero-order valence-electron chi connectivity index (χ0n) is 23.7. The maximum atomic E-state index is 11.0. The summed E-state index contributed by atoms with van der Waals surface area (Å²) in [7, 11) is 1.93. The monoisotopic (exact) mass is 554 g/mol. The van der Waals surface area contributed by atoms with Gasteiger partial charge in [0.1, 0.15) is 12.2 Å². The van der Waals surface area contributed by atoms with Gasteiger partial charge in [0.15, 0.2) is 29.3 Å². The molecule has 0 aromatic carbocycles. The summed E-state index contributed by atoms with van der Waals surface area (Å²) < 4.78 is 9.61. The summed E-state index contributed by atoms with van der Waals surface area (Å²) >= 11 is 0. The SMILES string of the molecule is CC(C)n1nnc([C@H]2O[C@@H](n3cnc4c(NCCC(C)(C)C)nc(NCCc5cn(C)cn5)nc43)[C@H](O)[C@@H]2O)n1. The molecule has 1 fully saturated rings. The zero-order valence-corrected chi connectivity index (χ0v) is 23.7. The van der Waals surface area contributed by atoms with E-state index in [0.29, 0.717) is 42.4 Å². The van der Waals surface area contributed by atoms with Gasteiger partial charge in [-0.1, -0.05) is 20.8 Å². The molecule has 15 nitrogen and oxygen atoms in total. The predicted octanol–water partition coefficient (Wildman–Crippen LogP) is 1.62. The summed E-state index contributed by atoms with van der Waals surface area (Å²) in [5, 5.41) is 40.9. The Kier molecular flexibility index (Phi) is 7.70. The minimum absolute atomic E-state index is 0.0115. The first-order valence-electron chi connectivity index (χ1n) is 13.5. The first-order valence-corrected chi connectivity index (χ1v) is 13.5. The second kappa shape index (κ2) is 11.1. The molecule has 1 aliphatic rings. The maximum absolute atomic E-state index is 11.0. The Labute approximate surface area is 232 Å². The number of tetrazole rings is 1. The van der Waals surface area contributed by atoms with Gasteiger partial charge in [0.05, 0.1) is 24.4 Å². The number of hydrogen-bond acceptors (Lipinski definition) is 12. The van der Waals surface area contributed by atoms with Crippen molar-refractivity contribution in [1.29, 1.82) is 0 Å². The number of aliphatic hydroxyl groups excluding tert-OH is 2. The number of anilines is 2. The molecule has 0 spiro atoms. The Balaban J connectivity index is 1.42. The summed E-state index contributed by atoms with van der Waals surface area (Å²) in [6.45, 7) is 11.6. The highest BCUT2D eigenvalue weighted by atomic mass is 16.6. The quantitative estimate of drug-likeness (QED) is 0.223. The molecule has 40 heavy (non-hydrogen) atoms. The minimum atomic E-state index is -1.28. The fraction of sp³-hybridized carbons (Fsp3) is 0.640. The van der Waals surface area contributed by atoms with Gasteiger partial charge in [-0.2, -0.15) is 14.8 Å². The molecule has 4 aromatic heterocycles. The van der Waals surface area contributed by atoms with Crippen LogP contribution in [0, 0.1) is 5.41 Å². The second-order valence-electron chi connectivity index (χ2n) is 11.7. The molecule has 1 aliphatic heterocycles. The van der Waals surface area contributed by atoms with Crippen molar-refractivity contribution in [2.45, 2.75) is 78.0 Å². The molecule has 0 bridgehead atoms. The van der Waals surface area contributed by atoms with Crippen molar-refractivity contribution in [3.63, 3.8) is 0 Å². The standard InChI is InChI=1S/C25H38N12O3/c1-14(2)37-33-21(32-34-37)19-17(38)18(39)23(40-19)36-13-29-16-20(26-10-8-25(3,4)5)30-24(31-22(16)36)27-9-7-15-11-35(6)12-28-15/h11-14,17-19,23,38-39H,7-10H2,1-6H3,(H2,26,27,30,31)/t17-,18+,19-,23+/m0/s1. The number of aryl methyl sites for hydroxylation is 1. The lowest BCUT2D eigenvalue weighted by Crippen LogP contribution is -2.29. The van der Waals surface area contributed by atoms with Crippen LogP contribution >= 0.6 is 0 Å². The van der Waals surface area contributed by atoms with E-state index in [1.165, 1.54) is 11.1 Å². The third-order valence-electron chi connectivity index (χ3n) is 6.68. The molecule has 4 aromatic rings. The molecule has 4 N–H and O–H groups in total. The van der Waals surface area contributed by atoms with Crippen molar-refractivity contribution >= 4 is 22.9 Å². The van der Waals surface area contributed by atoms with Crippen LogP contribution in [-0.2, 0) is 18.2 Å². The van der Waals surface area contributed by atoms with Crippen LogP contribution in [0.4, 0.5) is 11.8 Å². The van der Waals surface area contributed by atoms with Crippen LogP contribution < -0.4 is 10.6 Å². The smallest absolute Gasteiger partial charge is 0.226 e. The Hall–Kier alpha value is -3.69. The largest absolute Gasteiger partial charge is 0.387 e. The van der Waals surface area contributed by atoms with Crippen LogP contribution in [0.2, 0.25) is 0 Å². The lowest BCUT2D eigenvalue weighted by atomic mass is 9.92. The molecule has 5 heterocycles. The highest BCUT2D eigenvalue weighted by molar-refractivity contribution is 5.84. The Morgan fingerprint density at radius 1 is 1.05 bits per heavy atom. The van der Waals surface area contributed by atoms with E-state index in [1.54, 1.807) is 10.9 Å². The maximum Gasteiger partial charge on any atom is 0.226 e. The van der Waals surface area contributed by atoms with E-state index in [9.17, 15) is 10.2 Å². The lowest BCUT2D eigenvalue weighted by Gasteiger charge is -2.19. The summed E-state index contributed by atoms with van der Waals surface area (Å²) in [6.07, 6.45) is 2.39. The average molecular weight is 555 g/mol. The number of imidazole rings is 2. The van der Waals surface area contributed by atoms with Crippen LogP contribution in [-0.4, -0.2) is 84.8 Å². The first-order chi connectivity index (χ1) is 19.0. The Morgan fingerprint density at radius 3 is 2.52 bits per heavy atom. The molecular weight excluding hydrogens is 516 g/mol. The molecule has 5 rings (SSSR count). The zero-order chi connectivity index (χ0) is 28.6. The molecular formula is C25H38N12O3. The first kappa shape index (κ1) is 27.9. The number of aromatic nitrogens is 10. The van der Waals surface area contributed by atoms with Crippen molar-refractivity contribution in [1.82, 2.24) is 49.3 Å². The van der Waals surface area contributed by atoms with Gasteiger partial charge in [-0.15, -0.1) is 10.2 Å². The number of nitrogens with one attached hydrogen (secondary N) is 2. The number of rotatable bonds is 10. The highest BCUT2D eigenvalue weighted by Crippen LogP contribution is 2.39. The van der Waals surface area contributed by atoms with Crippen molar-refractivity contribution < 1.29 is 14.9 Å². The van der Waals surface area contributed by atoms with E-state index in [2.05, 4.69) is 56.8 Å². The van der Waals surface area contributed by atoms with Gasteiger partial charge in [0.2, 0.25) is 11.8 Å². The average Bonchev–Trinajstić information content (AvgIpc) is 3.67. The molecule has 0 unspecified atom stereocenters. The summed E-state index contributed by atoms with van der Waals surface area (Å²) in [4.78, 5) is 19.8. The molecule has 1 saturated heterocycles. The van der Waals surface area contributed by atoms with Crippen LogP contribution in [0.5, 0.6) is 0 Å². The van der Waals surface area contributed by atoms with Crippen molar-refractivity contribution in [3.05, 3.63) is 30.4 Å². The number of hydrogen-bond donors (Lipinski definition) is 4. The van der Waals surface area contributed by atoms with Gasteiger partial charge in [-0.3, -0.25) is 4.57 Å². The molecule has 0 radical (unpaired) electrons. The molecule has 0 aliphatic carbocycles. The van der Waals surface area contributed by atoms with Crippen LogP contribution in [0.3, 0.4) is 0 Å². The third kappa shape index (κ3) is 5.90. The van der Waals surface area contributed by atoms with E-state index in [1.807, 2.05) is 31.7 Å². The van der Waals surface area contributed by atoms with Gasteiger partial charge in [0, 0.05) is 32.8 Å². The number of ether oxygens (including phenoxy) is 1. The van der Waals surface area contributed by atoms with Gasteiger partial charge in [0.25, 0.3) is 0 Å². The normalized spacial score (nSPS) is 21.5. The van der Waals surface area contributed by atoms with Gasteiger partial charge in [-0.25, -0.2) is 9.97 Å². The molecule has 4 atom stereocenters. The van der Waals surface area contributed by atoms with Crippen molar-refractivity contribution in [2.24, 2.45) is 12.5 Å². The Morgan fingerprint density at radius 2 is 1.85 bits per heavy atom. The Bertz CT molecular complexity index is 1440. The van der Waals surface area contributed by atoms with Crippen molar-refractivity contribution in [2.75, 3.05) is 23.7 Å². The number of fused-ring (bicyclic) bond motifs is 1. The van der Waals surface area contributed by atoms with Crippen molar-refractivity contribution in [3.8, 4) is 0 Å². The fourth-order valence-electron chi connectivity index (χ4n) is 4.43. The van der Waals surface area contributed by atoms with Gasteiger partial charge < -0.3 is 30.2 Å². The minimum Gasteiger partial charge on any atom is -0.387 e. The van der Waals surface area contributed by atoms with Crippen LogP contribution in [0.25, 0.3) is 11.2 Å². The summed E-state index contributed by atoms with van der Waals surface area (Å²) in [6, 6.07) is -0.0115. The number of nitrogens with zero attached hydrogens (tertiary/aromatic N) is 10. The topological polar surface area (TPSA) is 179 Å². The fourth-order valence-corrected chi connectivity index (χ4v) is 4.43. The number of aliphatic hydroxyl groups is 2.